The van der Waals surface area contributed by atoms with Gasteiger partial charge in [-0.05, 0) is 35.8 Å². The van der Waals surface area contributed by atoms with Gasteiger partial charge in [-0.25, -0.2) is 8.42 Å². The molecule has 0 aromatic heterocycles. The molecule has 1 aliphatic heterocycles. The van der Waals surface area contributed by atoms with Gasteiger partial charge in [0.25, 0.3) is 0 Å². The molecule has 1 fully saturated rings. The van der Waals surface area contributed by atoms with Gasteiger partial charge in [-0.1, -0.05) is 26.0 Å². The number of hydrogen-bond acceptors (Lipinski definition) is 4. The highest BCUT2D eigenvalue weighted by molar-refractivity contribution is 7.99. The van der Waals surface area contributed by atoms with Gasteiger partial charge in [-0.15, -0.1) is 0 Å². The lowest BCUT2D eigenvalue weighted by atomic mass is 10.0. The maximum Gasteiger partial charge on any atom is 0.325 e. The maximum atomic E-state index is 12.4. The van der Waals surface area contributed by atoms with Crippen molar-refractivity contribution in [3.63, 3.8) is 0 Å². The number of benzene rings is 1. The quantitative estimate of drug-likeness (QED) is 0.864. The van der Waals surface area contributed by atoms with E-state index in [1.807, 2.05) is 13.8 Å². The van der Waals surface area contributed by atoms with Crippen LogP contribution in [0.3, 0.4) is 0 Å². The molecule has 0 bridgehead atoms. The summed E-state index contributed by atoms with van der Waals surface area (Å²) in [5.41, 5.74) is -0.349. The van der Waals surface area contributed by atoms with Crippen LogP contribution in [0.5, 0.6) is 0 Å². The molecule has 0 aliphatic carbocycles. The summed E-state index contributed by atoms with van der Waals surface area (Å²) in [4.78, 5) is 11.5. The van der Waals surface area contributed by atoms with Gasteiger partial charge in [0, 0.05) is 5.75 Å². The second-order valence-corrected chi connectivity index (χ2v) is 8.31. The minimum Gasteiger partial charge on any atom is -0.480 e. The van der Waals surface area contributed by atoms with Crippen LogP contribution in [0.2, 0.25) is 0 Å². The molecule has 1 saturated heterocycles. The SMILES string of the molecule is CC(C)c1ccc(S(=O)(=O)NC2(C(=O)O)CCSC2)cc1. The molecule has 21 heavy (non-hydrogen) atoms. The van der Waals surface area contributed by atoms with Crippen molar-refractivity contribution in [3.05, 3.63) is 29.8 Å². The smallest absolute Gasteiger partial charge is 0.325 e. The molecule has 2 N–H and O–H groups in total. The summed E-state index contributed by atoms with van der Waals surface area (Å²) in [5.74, 6) is 0.0911. The fraction of sp³-hybridized carbons (Fsp3) is 0.500. The lowest BCUT2D eigenvalue weighted by molar-refractivity contribution is -0.142. The summed E-state index contributed by atoms with van der Waals surface area (Å²) in [6, 6.07) is 6.57. The third kappa shape index (κ3) is 3.41. The Kier molecular flexibility index (Phi) is 4.65. The van der Waals surface area contributed by atoms with Crippen molar-refractivity contribution in [2.24, 2.45) is 0 Å². The molecular weight excluding hydrogens is 310 g/mol. The number of nitrogens with one attached hydrogen (secondary N) is 1. The van der Waals surface area contributed by atoms with E-state index in [2.05, 4.69) is 4.72 Å². The third-order valence-corrected chi connectivity index (χ3v) is 6.36. The zero-order valence-electron chi connectivity index (χ0n) is 12.0. The molecule has 116 valence electrons. The van der Waals surface area contributed by atoms with Crippen molar-refractivity contribution in [2.45, 2.75) is 36.6 Å². The van der Waals surface area contributed by atoms with Gasteiger partial charge in [0.2, 0.25) is 10.0 Å². The van der Waals surface area contributed by atoms with Gasteiger partial charge in [0.05, 0.1) is 4.90 Å². The summed E-state index contributed by atoms with van der Waals surface area (Å²) in [6.45, 7) is 4.05. The number of carbonyl (C=O) groups is 1. The Morgan fingerprint density at radius 1 is 1.33 bits per heavy atom. The summed E-state index contributed by atoms with van der Waals surface area (Å²) < 4.78 is 27.2. The number of aliphatic carboxylic acids is 1. The number of thioether (sulfide) groups is 1. The number of carboxylic acids is 1. The van der Waals surface area contributed by atoms with Crippen LogP contribution < -0.4 is 4.72 Å². The van der Waals surface area contributed by atoms with Gasteiger partial charge in [0.1, 0.15) is 5.54 Å². The molecule has 0 spiro atoms. The Balaban J connectivity index is 2.27. The first-order valence-corrected chi connectivity index (χ1v) is 9.36. The largest absolute Gasteiger partial charge is 0.480 e. The highest BCUT2D eigenvalue weighted by atomic mass is 32.2. The summed E-state index contributed by atoms with van der Waals surface area (Å²) in [5, 5.41) is 9.35. The Hall–Kier alpha value is -1.05. The minimum absolute atomic E-state index is 0.101. The van der Waals surface area contributed by atoms with E-state index in [1.54, 1.807) is 12.1 Å². The molecule has 0 amide bonds. The van der Waals surface area contributed by atoms with Crippen LogP contribution in [0.25, 0.3) is 0 Å². The van der Waals surface area contributed by atoms with Crippen molar-refractivity contribution >= 4 is 27.8 Å². The van der Waals surface area contributed by atoms with E-state index in [4.69, 9.17) is 0 Å². The van der Waals surface area contributed by atoms with Crippen LogP contribution in [-0.4, -0.2) is 36.5 Å². The highest BCUT2D eigenvalue weighted by Crippen LogP contribution is 2.30. The van der Waals surface area contributed by atoms with Crippen molar-refractivity contribution in [3.8, 4) is 0 Å². The maximum absolute atomic E-state index is 12.4. The molecule has 5 nitrogen and oxygen atoms in total. The first-order chi connectivity index (χ1) is 9.77. The average Bonchev–Trinajstić information content (AvgIpc) is 2.88. The molecule has 1 aromatic carbocycles. The van der Waals surface area contributed by atoms with Crippen LogP contribution in [0, 0.1) is 0 Å². The van der Waals surface area contributed by atoms with Gasteiger partial charge >= 0.3 is 5.97 Å². The van der Waals surface area contributed by atoms with Crippen molar-refractivity contribution < 1.29 is 18.3 Å². The summed E-state index contributed by atoms with van der Waals surface area (Å²) in [7, 11) is -3.83. The lowest BCUT2D eigenvalue weighted by Crippen LogP contribution is -2.54. The molecule has 1 aliphatic rings. The second kappa shape index (κ2) is 5.98. The topological polar surface area (TPSA) is 83.5 Å². The van der Waals surface area contributed by atoms with Crippen LogP contribution in [0.1, 0.15) is 31.7 Å². The zero-order valence-corrected chi connectivity index (χ0v) is 13.6. The standard InChI is InChI=1S/C14H19NO4S2/c1-10(2)11-3-5-12(6-4-11)21(18,19)15-14(13(16)17)7-8-20-9-14/h3-6,10,15H,7-9H2,1-2H3,(H,16,17). The number of sulfonamides is 1. The van der Waals surface area contributed by atoms with Gasteiger partial charge in [-0.2, -0.15) is 16.5 Å². The van der Waals surface area contributed by atoms with Crippen LogP contribution in [-0.2, 0) is 14.8 Å². The Bertz CT molecular complexity index is 617. The number of hydrogen-bond donors (Lipinski definition) is 2. The Morgan fingerprint density at radius 2 is 1.95 bits per heavy atom. The van der Waals surface area contributed by atoms with Gasteiger partial charge < -0.3 is 5.11 Å². The summed E-state index contributed by atoms with van der Waals surface area (Å²) in [6.07, 6.45) is 0.302. The fourth-order valence-electron chi connectivity index (χ4n) is 2.21. The molecule has 7 heteroatoms. The molecule has 1 atom stereocenters. The first-order valence-electron chi connectivity index (χ1n) is 6.72. The molecule has 2 rings (SSSR count). The van der Waals surface area contributed by atoms with E-state index in [9.17, 15) is 18.3 Å². The van der Waals surface area contributed by atoms with E-state index in [1.165, 1.54) is 23.9 Å². The first kappa shape index (κ1) is 16.3. The Morgan fingerprint density at radius 3 is 2.38 bits per heavy atom. The highest BCUT2D eigenvalue weighted by Gasteiger charge is 2.45. The second-order valence-electron chi connectivity index (χ2n) is 5.52. The minimum atomic E-state index is -3.83. The molecule has 1 heterocycles. The van der Waals surface area contributed by atoms with Crippen molar-refractivity contribution in [2.75, 3.05) is 11.5 Å². The lowest BCUT2D eigenvalue weighted by Gasteiger charge is -2.24. The van der Waals surface area contributed by atoms with Crippen LogP contribution >= 0.6 is 11.8 Å². The number of carboxylic acid groups (broad SMARTS) is 1. The predicted molar refractivity (Wildman–Crippen MR) is 83.2 cm³/mol. The van der Waals surface area contributed by atoms with E-state index in [0.717, 1.165) is 5.56 Å². The molecule has 0 radical (unpaired) electrons. The third-order valence-electron chi connectivity index (χ3n) is 3.62. The predicted octanol–water partition coefficient (Wildman–Crippen LogP) is 2.05. The van der Waals surface area contributed by atoms with Crippen molar-refractivity contribution in [1.82, 2.24) is 4.72 Å². The van der Waals surface area contributed by atoms with Crippen LogP contribution in [0.15, 0.2) is 29.2 Å². The zero-order chi connectivity index (χ0) is 15.7. The van der Waals surface area contributed by atoms with E-state index >= 15 is 0 Å². The van der Waals surface area contributed by atoms with Crippen LogP contribution in [0.4, 0.5) is 0 Å². The molecule has 0 saturated carbocycles. The molecule has 1 aromatic rings. The molecular formula is C14H19NO4S2. The summed E-state index contributed by atoms with van der Waals surface area (Å²) >= 11 is 1.44. The average molecular weight is 329 g/mol. The Labute approximate surface area is 129 Å². The fourth-order valence-corrected chi connectivity index (χ4v) is 5.01. The molecule has 1 unspecified atom stereocenters. The van der Waals surface area contributed by atoms with E-state index in [0.29, 0.717) is 18.1 Å². The monoisotopic (exact) mass is 329 g/mol. The normalized spacial score (nSPS) is 22.6. The van der Waals surface area contributed by atoms with E-state index < -0.39 is 21.5 Å². The van der Waals surface area contributed by atoms with E-state index in [-0.39, 0.29) is 10.6 Å². The van der Waals surface area contributed by atoms with Gasteiger partial charge in [-0.3, -0.25) is 4.79 Å². The van der Waals surface area contributed by atoms with Crippen molar-refractivity contribution in [1.29, 1.82) is 0 Å². The number of rotatable bonds is 5. The van der Waals surface area contributed by atoms with Gasteiger partial charge in [0.15, 0.2) is 0 Å².